The van der Waals surface area contributed by atoms with Crippen LogP contribution >= 0.6 is 0 Å². The molecule has 0 saturated heterocycles. The van der Waals surface area contributed by atoms with Crippen LogP contribution < -0.4 is 11.1 Å². The number of pyridine rings is 1. The van der Waals surface area contributed by atoms with Crippen molar-refractivity contribution in [1.29, 1.82) is 0 Å². The molecule has 16 heavy (non-hydrogen) atoms. The van der Waals surface area contributed by atoms with Crippen molar-refractivity contribution in [1.82, 2.24) is 15.0 Å². The monoisotopic (exact) mass is 215 g/mol. The molecule has 2 aromatic heterocycles. The number of nitrogens with zero attached hydrogens (tertiary/aromatic N) is 3. The van der Waals surface area contributed by atoms with Crippen LogP contribution in [-0.4, -0.2) is 15.0 Å². The lowest BCUT2D eigenvalue weighted by Crippen LogP contribution is -2.00. The average molecular weight is 215 g/mol. The van der Waals surface area contributed by atoms with Gasteiger partial charge in [-0.15, -0.1) is 0 Å². The third kappa shape index (κ3) is 2.25. The van der Waals surface area contributed by atoms with Gasteiger partial charge in [-0.3, -0.25) is 9.97 Å². The second-order valence-corrected chi connectivity index (χ2v) is 3.54. The Labute approximate surface area is 93.8 Å². The Balaban J connectivity index is 2.27. The molecule has 2 heterocycles. The minimum absolute atomic E-state index is 0.391. The molecule has 0 unspecified atom stereocenters. The second-order valence-electron chi connectivity index (χ2n) is 3.54. The Hall–Kier alpha value is -2.17. The average Bonchev–Trinajstić information content (AvgIpc) is 2.22. The largest absolute Gasteiger partial charge is 0.382 e. The summed E-state index contributed by atoms with van der Waals surface area (Å²) in [7, 11) is 0. The third-order valence-corrected chi connectivity index (χ3v) is 2.14. The maximum absolute atomic E-state index is 5.55. The summed E-state index contributed by atoms with van der Waals surface area (Å²) in [5, 5.41) is 3.12. The van der Waals surface area contributed by atoms with E-state index in [0.717, 1.165) is 17.1 Å². The van der Waals surface area contributed by atoms with E-state index >= 15 is 0 Å². The molecule has 3 N–H and O–H groups in total. The van der Waals surface area contributed by atoms with E-state index in [1.54, 1.807) is 6.20 Å². The fourth-order valence-corrected chi connectivity index (χ4v) is 1.40. The highest BCUT2D eigenvalue weighted by Crippen LogP contribution is 2.17. The number of rotatable bonds is 2. The minimum Gasteiger partial charge on any atom is -0.382 e. The molecule has 0 amide bonds. The number of hydrogen-bond donors (Lipinski definition) is 2. The summed E-state index contributed by atoms with van der Waals surface area (Å²) in [5.41, 5.74) is 8.36. The van der Waals surface area contributed by atoms with E-state index in [1.807, 2.05) is 26.0 Å². The highest BCUT2D eigenvalue weighted by atomic mass is 15.0. The van der Waals surface area contributed by atoms with Crippen molar-refractivity contribution in [2.24, 2.45) is 0 Å². The zero-order chi connectivity index (χ0) is 11.5. The van der Waals surface area contributed by atoms with Crippen molar-refractivity contribution in [3.63, 3.8) is 0 Å². The van der Waals surface area contributed by atoms with E-state index in [-0.39, 0.29) is 0 Å². The van der Waals surface area contributed by atoms with Gasteiger partial charge in [-0.05, 0) is 26.0 Å². The lowest BCUT2D eigenvalue weighted by Gasteiger charge is -2.08. The van der Waals surface area contributed by atoms with Crippen LogP contribution in [0.4, 0.5) is 17.3 Å². The summed E-state index contributed by atoms with van der Waals surface area (Å²) < 4.78 is 0. The van der Waals surface area contributed by atoms with Crippen LogP contribution in [0.5, 0.6) is 0 Å². The predicted octanol–water partition coefficient (Wildman–Crippen LogP) is 1.81. The van der Waals surface area contributed by atoms with Gasteiger partial charge in [-0.25, -0.2) is 4.98 Å². The zero-order valence-corrected chi connectivity index (χ0v) is 9.23. The fourth-order valence-electron chi connectivity index (χ4n) is 1.40. The van der Waals surface area contributed by atoms with Crippen LogP contribution in [0.15, 0.2) is 24.5 Å². The van der Waals surface area contributed by atoms with Gasteiger partial charge in [-0.2, -0.15) is 0 Å². The summed E-state index contributed by atoms with van der Waals surface area (Å²) in [6.45, 7) is 3.89. The van der Waals surface area contributed by atoms with Crippen LogP contribution in [0.3, 0.4) is 0 Å². The normalized spacial score (nSPS) is 10.1. The van der Waals surface area contributed by atoms with Crippen molar-refractivity contribution >= 4 is 17.3 Å². The van der Waals surface area contributed by atoms with Crippen molar-refractivity contribution in [3.05, 3.63) is 35.9 Å². The molecule has 5 nitrogen and oxygen atoms in total. The van der Waals surface area contributed by atoms with E-state index in [4.69, 9.17) is 5.73 Å². The first kappa shape index (κ1) is 10.4. The molecule has 0 aromatic carbocycles. The Kier molecular flexibility index (Phi) is 2.68. The Bertz CT molecular complexity index is 509. The van der Waals surface area contributed by atoms with Crippen molar-refractivity contribution in [3.8, 4) is 0 Å². The summed E-state index contributed by atoms with van der Waals surface area (Å²) in [5.74, 6) is 1.01. The molecular formula is C11H13N5. The Morgan fingerprint density at radius 3 is 2.62 bits per heavy atom. The summed E-state index contributed by atoms with van der Waals surface area (Å²) in [6.07, 6.45) is 3.13. The highest BCUT2D eigenvalue weighted by molar-refractivity contribution is 5.58. The van der Waals surface area contributed by atoms with Gasteiger partial charge in [0.1, 0.15) is 5.82 Å². The van der Waals surface area contributed by atoms with Gasteiger partial charge in [0, 0.05) is 5.69 Å². The predicted molar refractivity (Wildman–Crippen MR) is 63.4 cm³/mol. The van der Waals surface area contributed by atoms with E-state index in [9.17, 15) is 0 Å². The number of aromatic nitrogens is 3. The molecule has 0 saturated carbocycles. The lowest BCUT2D eigenvalue weighted by molar-refractivity contribution is 1.12. The fraction of sp³-hybridized carbons (Fsp3) is 0.182. The summed E-state index contributed by atoms with van der Waals surface area (Å²) in [4.78, 5) is 12.4. The molecule has 0 radical (unpaired) electrons. The Morgan fingerprint density at radius 2 is 1.94 bits per heavy atom. The maximum atomic E-state index is 5.55. The number of nitrogens with one attached hydrogen (secondary N) is 1. The number of aryl methyl sites for hydroxylation is 2. The molecule has 0 spiro atoms. The second kappa shape index (κ2) is 4.14. The minimum atomic E-state index is 0.391. The standard InChI is InChI=1S/C11H13N5/c1-7-3-4-9(8(2)14-7)15-11-6-13-5-10(12)16-11/h3-6H,1-2H3,(H3,12,15,16). The molecule has 2 rings (SSSR count). The van der Waals surface area contributed by atoms with E-state index in [1.165, 1.54) is 6.20 Å². The van der Waals surface area contributed by atoms with Crippen LogP contribution in [0.2, 0.25) is 0 Å². The smallest absolute Gasteiger partial charge is 0.151 e. The van der Waals surface area contributed by atoms with E-state index in [2.05, 4.69) is 20.3 Å². The number of anilines is 3. The molecule has 0 bridgehead atoms. The SMILES string of the molecule is Cc1ccc(Nc2cncc(N)n2)c(C)n1. The highest BCUT2D eigenvalue weighted by Gasteiger charge is 2.01. The summed E-state index contributed by atoms with van der Waals surface area (Å²) in [6, 6.07) is 3.90. The quantitative estimate of drug-likeness (QED) is 0.799. The molecule has 2 aromatic rings. The van der Waals surface area contributed by atoms with Gasteiger partial charge in [0.05, 0.1) is 23.8 Å². The Morgan fingerprint density at radius 1 is 1.12 bits per heavy atom. The van der Waals surface area contributed by atoms with Gasteiger partial charge in [0.15, 0.2) is 5.82 Å². The van der Waals surface area contributed by atoms with Gasteiger partial charge in [-0.1, -0.05) is 0 Å². The van der Waals surface area contributed by atoms with Crippen LogP contribution in [-0.2, 0) is 0 Å². The van der Waals surface area contributed by atoms with Gasteiger partial charge in [0.2, 0.25) is 0 Å². The summed E-state index contributed by atoms with van der Waals surface area (Å²) >= 11 is 0. The number of nitrogens with two attached hydrogens (primary N) is 1. The van der Waals surface area contributed by atoms with Crippen LogP contribution in [0.25, 0.3) is 0 Å². The molecule has 0 atom stereocenters. The molecule has 0 aliphatic carbocycles. The molecule has 0 fully saturated rings. The zero-order valence-electron chi connectivity index (χ0n) is 9.23. The van der Waals surface area contributed by atoms with E-state index in [0.29, 0.717) is 11.6 Å². The van der Waals surface area contributed by atoms with Gasteiger partial charge < -0.3 is 11.1 Å². The molecule has 5 heteroatoms. The van der Waals surface area contributed by atoms with E-state index < -0.39 is 0 Å². The van der Waals surface area contributed by atoms with Crippen LogP contribution in [0.1, 0.15) is 11.4 Å². The van der Waals surface area contributed by atoms with Gasteiger partial charge in [0.25, 0.3) is 0 Å². The lowest BCUT2D eigenvalue weighted by atomic mass is 10.3. The first-order chi connectivity index (χ1) is 7.65. The van der Waals surface area contributed by atoms with Crippen molar-refractivity contribution < 1.29 is 0 Å². The molecule has 0 aliphatic heterocycles. The number of nitrogen functional groups attached to an aromatic ring is 1. The van der Waals surface area contributed by atoms with Gasteiger partial charge >= 0.3 is 0 Å². The first-order valence-corrected chi connectivity index (χ1v) is 4.94. The molecule has 82 valence electrons. The number of hydrogen-bond acceptors (Lipinski definition) is 5. The van der Waals surface area contributed by atoms with Crippen molar-refractivity contribution in [2.75, 3.05) is 11.1 Å². The van der Waals surface area contributed by atoms with Crippen LogP contribution in [0, 0.1) is 13.8 Å². The first-order valence-electron chi connectivity index (χ1n) is 4.94. The van der Waals surface area contributed by atoms with Crippen molar-refractivity contribution in [2.45, 2.75) is 13.8 Å². The third-order valence-electron chi connectivity index (χ3n) is 2.14. The molecular weight excluding hydrogens is 202 g/mol. The topological polar surface area (TPSA) is 76.7 Å². The maximum Gasteiger partial charge on any atom is 0.151 e. The molecule has 0 aliphatic rings.